The number of rotatable bonds is 4. The predicted octanol–water partition coefficient (Wildman–Crippen LogP) is 2.13. The normalized spacial score (nSPS) is 22.4. The quantitative estimate of drug-likeness (QED) is 0.917. The van der Waals surface area contributed by atoms with Gasteiger partial charge < -0.3 is 10.1 Å². The minimum Gasteiger partial charge on any atom is -0.481 e. The second kappa shape index (κ2) is 6.82. The molecule has 0 amide bonds. The average molecular weight is 341 g/mol. The Morgan fingerprint density at radius 3 is 2.88 bits per heavy atom. The maximum Gasteiger partial charge on any atom is 0.267 e. The third kappa shape index (κ3) is 3.36. The lowest BCUT2D eigenvalue weighted by Gasteiger charge is -2.29. The lowest BCUT2D eigenvalue weighted by molar-refractivity contribution is 0.301. The van der Waals surface area contributed by atoms with Crippen LogP contribution in [0.3, 0.4) is 0 Å². The molecule has 0 aliphatic heterocycles. The summed E-state index contributed by atoms with van der Waals surface area (Å²) in [6.07, 6.45) is 8.61. The van der Waals surface area contributed by atoms with Crippen molar-refractivity contribution in [2.45, 2.75) is 57.0 Å². The summed E-state index contributed by atoms with van der Waals surface area (Å²) in [5, 5.41) is 8.02. The highest BCUT2D eigenvalue weighted by molar-refractivity contribution is 5.29. The highest BCUT2D eigenvalue weighted by atomic mass is 16.5. The third-order valence-corrected chi connectivity index (χ3v) is 5.20. The molecule has 2 aliphatic rings. The molecule has 132 valence electrons. The average Bonchev–Trinajstić information content (AvgIpc) is 3.09. The molecule has 7 heteroatoms. The fourth-order valence-corrected chi connectivity index (χ4v) is 3.85. The lowest BCUT2D eigenvalue weighted by atomic mass is 9.91. The van der Waals surface area contributed by atoms with E-state index in [1.165, 1.54) is 0 Å². The molecule has 0 unspecified atom stereocenters. The predicted molar refractivity (Wildman–Crippen MR) is 94.0 cm³/mol. The van der Waals surface area contributed by atoms with Crippen LogP contribution >= 0.6 is 0 Å². The summed E-state index contributed by atoms with van der Waals surface area (Å²) in [5.74, 6) is 1.15. The zero-order valence-electron chi connectivity index (χ0n) is 14.4. The Kier molecular flexibility index (Phi) is 4.38. The summed E-state index contributed by atoms with van der Waals surface area (Å²) in [5.41, 5.74) is 2.31. The molecule has 2 heterocycles. The van der Waals surface area contributed by atoms with Crippen LogP contribution in [0.1, 0.15) is 49.4 Å². The first-order valence-electron chi connectivity index (χ1n) is 8.98. The summed E-state index contributed by atoms with van der Waals surface area (Å²) >= 11 is 0. The number of methoxy groups -OCH3 is 1. The van der Waals surface area contributed by atoms with Crippen molar-refractivity contribution < 1.29 is 4.74 Å². The van der Waals surface area contributed by atoms with Crippen molar-refractivity contribution in [2.75, 3.05) is 12.4 Å². The minimum absolute atomic E-state index is 0.0492. The Labute approximate surface area is 146 Å². The minimum atomic E-state index is 0.0492. The van der Waals surface area contributed by atoms with E-state index in [-0.39, 0.29) is 11.6 Å². The monoisotopic (exact) mass is 341 g/mol. The maximum absolute atomic E-state index is 12.4. The van der Waals surface area contributed by atoms with Gasteiger partial charge in [0.2, 0.25) is 11.8 Å². The molecule has 0 radical (unpaired) electrons. The van der Waals surface area contributed by atoms with Gasteiger partial charge in [0, 0.05) is 24.4 Å². The summed E-state index contributed by atoms with van der Waals surface area (Å²) < 4.78 is 6.86. The smallest absolute Gasteiger partial charge is 0.267 e. The molecule has 0 atom stereocenters. The molecule has 4 rings (SSSR count). The van der Waals surface area contributed by atoms with Crippen molar-refractivity contribution in [3.05, 3.63) is 39.9 Å². The van der Waals surface area contributed by atoms with E-state index in [1.807, 2.05) is 0 Å². The molecule has 1 fully saturated rings. The number of nitrogens with one attached hydrogen (secondary N) is 1. The van der Waals surface area contributed by atoms with Gasteiger partial charge in [0.1, 0.15) is 0 Å². The van der Waals surface area contributed by atoms with E-state index >= 15 is 0 Å². The number of hydrogen-bond donors (Lipinski definition) is 1. The first kappa shape index (κ1) is 16.1. The Hall–Kier alpha value is -2.44. The number of hydrogen-bond acceptors (Lipinski definition) is 6. The van der Waals surface area contributed by atoms with E-state index in [9.17, 15) is 4.79 Å². The topological polar surface area (TPSA) is 81.9 Å². The molecule has 0 saturated heterocycles. The molecule has 1 saturated carbocycles. The first-order valence-corrected chi connectivity index (χ1v) is 8.98. The molecular formula is C18H23N5O2. The number of nitrogens with zero attached hydrogens (tertiary/aromatic N) is 4. The maximum atomic E-state index is 12.4. The Balaban J connectivity index is 1.41. The van der Waals surface area contributed by atoms with E-state index < -0.39 is 0 Å². The standard InChI is InChI=1S/C18H23N5O2/c1-25-16-9-10-19-18(21-16)20-13-5-7-14(8-6-13)23-17(24)11-12-3-2-4-15(12)22-23/h9-11,13-14H,2-8H2,1H3,(H,19,20,21). The van der Waals surface area contributed by atoms with Crippen LogP contribution in [0, 0.1) is 0 Å². The van der Waals surface area contributed by atoms with Gasteiger partial charge in [-0.1, -0.05) is 0 Å². The van der Waals surface area contributed by atoms with Crippen LogP contribution in [-0.4, -0.2) is 32.9 Å². The van der Waals surface area contributed by atoms with Crippen molar-refractivity contribution in [1.82, 2.24) is 19.7 Å². The van der Waals surface area contributed by atoms with Crippen LogP contribution in [-0.2, 0) is 12.8 Å². The fourth-order valence-electron chi connectivity index (χ4n) is 3.85. The van der Waals surface area contributed by atoms with Crippen molar-refractivity contribution in [3.8, 4) is 5.88 Å². The first-order chi connectivity index (χ1) is 12.2. The van der Waals surface area contributed by atoms with E-state index in [2.05, 4.69) is 20.4 Å². The number of aromatic nitrogens is 4. The molecule has 2 aromatic heterocycles. The number of anilines is 1. The van der Waals surface area contributed by atoms with E-state index in [0.717, 1.165) is 56.2 Å². The third-order valence-electron chi connectivity index (χ3n) is 5.20. The Morgan fingerprint density at radius 1 is 1.24 bits per heavy atom. The van der Waals surface area contributed by atoms with Crippen LogP contribution in [0.15, 0.2) is 23.1 Å². The lowest BCUT2D eigenvalue weighted by Crippen LogP contribution is -2.34. The van der Waals surface area contributed by atoms with E-state index in [0.29, 0.717) is 17.9 Å². The highest BCUT2D eigenvalue weighted by Gasteiger charge is 2.25. The Morgan fingerprint density at radius 2 is 2.08 bits per heavy atom. The molecule has 0 aromatic carbocycles. The van der Waals surface area contributed by atoms with Gasteiger partial charge in [0.25, 0.3) is 5.56 Å². The van der Waals surface area contributed by atoms with Gasteiger partial charge in [-0.2, -0.15) is 10.1 Å². The number of aryl methyl sites for hydroxylation is 2. The second-order valence-corrected chi connectivity index (χ2v) is 6.83. The van der Waals surface area contributed by atoms with Gasteiger partial charge in [-0.15, -0.1) is 0 Å². The largest absolute Gasteiger partial charge is 0.481 e. The van der Waals surface area contributed by atoms with Crippen LogP contribution in [0.25, 0.3) is 0 Å². The molecular weight excluding hydrogens is 318 g/mol. The molecule has 1 N–H and O–H groups in total. The number of ether oxygens (including phenoxy) is 1. The molecule has 0 bridgehead atoms. The van der Waals surface area contributed by atoms with Crippen LogP contribution in [0.2, 0.25) is 0 Å². The SMILES string of the molecule is COc1ccnc(NC2CCC(n3nc4c(cc3=O)CCC4)CC2)n1. The van der Waals surface area contributed by atoms with Crippen molar-refractivity contribution in [1.29, 1.82) is 0 Å². The zero-order valence-corrected chi connectivity index (χ0v) is 14.4. The van der Waals surface area contributed by atoms with Gasteiger partial charge >= 0.3 is 0 Å². The van der Waals surface area contributed by atoms with Crippen molar-refractivity contribution >= 4 is 5.95 Å². The van der Waals surface area contributed by atoms with Crippen LogP contribution < -0.4 is 15.6 Å². The van der Waals surface area contributed by atoms with Crippen molar-refractivity contribution in [2.24, 2.45) is 0 Å². The van der Waals surface area contributed by atoms with Crippen LogP contribution in [0.4, 0.5) is 5.95 Å². The zero-order chi connectivity index (χ0) is 17.2. The van der Waals surface area contributed by atoms with E-state index in [1.54, 1.807) is 30.1 Å². The summed E-state index contributed by atoms with van der Waals surface area (Å²) in [6.45, 7) is 0. The molecule has 25 heavy (non-hydrogen) atoms. The molecule has 7 nitrogen and oxygen atoms in total. The second-order valence-electron chi connectivity index (χ2n) is 6.83. The van der Waals surface area contributed by atoms with Gasteiger partial charge in [-0.25, -0.2) is 9.67 Å². The molecule has 2 aliphatic carbocycles. The summed E-state index contributed by atoms with van der Waals surface area (Å²) in [6, 6.07) is 4.04. The van der Waals surface area contributed by atoms with E-state index in [4.69, 9.17) is 4.74 Å². The number of fused-ring (bicyclic) bond motifs is 1. The van der Waals surface area contributed by atoms with Gasteiger partial charge in [0.05, 0.1) is 18.8 Å². The van der Waals surface area contributed by atoms with Gasteiger partial charge in [-0.05, 0) is 50.5 Å². The highest BCUT2D eigenvalue weighted by Crippen LogP contribution is 2.29. The van der Waals surface area contributed by atoms with Gasteiger partial charge in [0.15, 0.2) is 0 Å². The molecule has 0 spiro atoms. The summed E-state index contributed by atoms with van der Waals surface area (Å²) in [4.78, 5) is 20.9. The van der Waals surface area contributed by atoms with Crippen molar-refractivity contribution in [3.63, 3.8) is 0 Å². The summed E-state index contributed by atoms with van der Waals surface area (Å²) in [7, 11) is 1.60. The van der Waals surface area contributed by atoms with Gasteiger partial charge in [-0.3, -0.25) is 4.79 Å². The Bertz CT molecular complexity index is 811. The van der Waals surface area contributed by atoms with Crippen LogP contribution in [0.5, 0.6) is 5.88 Å². The molecule has 2 aromatic rings. The fraction of sp³-hybridized carbons (Fsp3) is 0.556.